The number of benzene rings is 1. The number of piperidine rings is 1. The van der Waals surface area contributed by atoms with E-state index in [4.69, 9.17) is 4.74 Å². The summed E-state index contributed by atoms with van der Waals surface area (Å²) >= 11 is 0. The van der Waals surface area contributed by atoms with E-state index in [0.29, 0.717) is 17.9 Å². The third kappa shape index (κ3) is 4.38. The molecule has 0 aromatic heterocycles. The first kappa shape index (κ1) is 19.2. The van der Waals surface area contributed by atoms with Crippen molar-refractivity contribution in [3.63, 3.8) is 0 Å². The van der Waals surface area contributed by atoms with Crippen LogP contribution in [0.2, 0.25) is 0 Å². The Hall–Kier alpha value is -1.60. The summed E-state index contributed by atoms with van der Waals surface area (Å²) in [4.78, 5) is 12.3. The second-order valence-corrected chi connectivity index (χ2v) is 10.1. The standard InChI is InChI=1S/C19H28N2O4S/c1-19(2,3)25-18(22)20-16-8-5-11-21(13-16)26(23,24)17-10-9-14-6-4-7-15(14)12-17/h9-10,12,16H,4-8,11,13H2,1-3H3,(H,20,22). The van der Waals surface area contributed by atoms with Gasteiger partial charge in [0.2, 0.25) is 10.0 Å². The molecule has 1 saturated heterocycles. The molecule has 144 valence electrons. The van der Waals surface area contributed by atoms with Gasteiger partial charge < -0.3 is 10.1 Å². The first-order chi connectivity index (χ1) is 12.1. The third-order valence-electron chi connectivity index (χ3n) is 4.81. The lowest BCUT2D eigenvalue weighted by Crippen LogP contribution is -2.50. The van der Waals surface area contributed by atoms with Crippen LogP contribution in [0.5, 0.6) is 0 Å². The van der Waals surface area contributed by atoms with E-state index in [9.17, 15) is 13.2 Å². The Morgan fingerprint density at radius 1 is 1.19 bits per heavy atom. The number of nitrogens with one attached hydrogen (secondary N) is 1. The van der Waals surface area contributed by atoms with Gasteiger partial charge in [0.15, 0.2) is 0 Å². The number of hydrogen-bond acceptors (Lipinski definition) is 4. The molecular formula is C19H28N2O4S. The fourth-order valence-corrected chi connectivity index (χ4v) is 5.19. The molecule has 1 amide bonds. The van der Waals surface area contributed by atoms with Gasteiger partial charge in [0.05, 0.1) is 4.90 Å². The Kier molecular flexibility index (Phi) is 5.30. The maximum absolute atomic E-state index is 13.0. The number of nitrogens with zero attached hydrogens (tertiary/aromatic N) is 1. The highest BCUT2D eigenvalue weighted by Crippen LogP contribution is 2.27. The topological polar surface area (TPSA) is 75.7 Å². The second kappa shape index (κ2) is 7.19. The van der Waals surface area contributed by atoms with Crippen molar-refractivity contribution in [1.82, 2.24) is 9.62 Å². The highest BCUT2D eigenvalue weighted by Gasteiger charge is 2.32. The zero-order valence-electron chi connectivity index (χ0n) is 15.7. The van der Waals surface area contributed by atoms with Crippen LogP contribution in [-0.4, -0.2) is 43.5 Å². The number of fused-ring (bicyclic) bond motifs is 1. The molecule has 1 unspecified atom stereocenters. The predicted octanol–water partition coefficient (Wildman–Crippen LogP) is 2.85. The smallest absolute Gasteiger partial charge is 0.407 e. The van der Waals surface area contributed by atoms with Gasteiger partial charge in [-0.1, -0.05) is 6.07 Å². The molecule has 0 radical (unpaired) electrons. The summed E-state index contributed by atoms with van der Waals surface area (Å²) in [5.41, 5.74) is 1.83. The molecule has 1 fully saturated rings. The molecule has 2 aliphatic rings. The zero-order valence-corrected chi connectivity index (χ0v) is 16.6. The van der Waals surface area contributed by atoms with Gasteiger partial charge in [-0.05, 0) is 76.1 Å². The summed E-state index contributed by atoms with van der Waals surface area (Å²) in [6.07, 6.45) is 4.02. The fraction of sp³-hybridized carbons (Fsp3) is 0.632. The number of hydrogen-bond donors (Lipinski definition) is 1. The van der Waals surface area contributed by atoms with Crippen LogP contribution >= 0.6 is 0 Å². The molecule has 1 aliphatic heterocycles. The van der Waals surface area contributed by atoms with Crippen LogP contribution in [0.25, 0.3) is 0 Å². The Morgan fingerprint density at radius 3 is 2.65 bits per heavy atom. The van der Waals surface area contributed by atoms with Crippen LogP contribution < -0.4 is 5.32 Å². The van der Waals surface area contributed by atoms with Crippen molar-refractivity contribution in [2.45, 2.75) is 69.4 Å². The number of sulfonamides is 1. The summed E-state index contributed by atoms with van der Waals surface area (Å²) in [5.74, 6) is 0. The molecule has 1 N–H and O–H groups in total. The average molecular weight is 381 g/mol. The van der Waals surface area contributed by atoms with E-state index in [2.05, 4.69) is 5.32 Å². The Balaban J connectivity index is 1.69. The van der Waals surface area contributed by atoms with Gasteiger partial charge >= 0.3 is 6.09 Å². The maximum atomic E-state index is 13.0. The van der Waals surface area contributed by atoms with E-state index in [1.807, 2.05) is 12.1 Å². The van der Waals surface area contributed by atoms with Gasteiger partial charge in [-0.2, -0.15) is 4.31 Å². The molecule has 1 atom stereocenters. The van der Waals surface area contributed by atoms with E-state index < -0.39 is 21.7 Å². The Bertz CT molecular complexity index is 783. The maximum Gasteiger partial charge on any atom is 0.407 e. The lowest BCUT2D eigenvalue weighted by Gasteiger charge is -2.33. The Morgan fingerprint density at radius 2 is 1.92 bits per heavy atom. The van der Waals surface area contributed by atoms with Crippen LogP contribution in [0, 0.1) is 0 Å². The van der Waals surface area contributed by atoms with Gasteiger partial charge in [-0.25, -0.2) is 13.2 Å². The van der Waals surface area contributed by atoms with Crippen molar-refractivity contribution in [1.29, 1.82) is 0 Å². The molecule has 0 bridgehead atoms. The molecule has 3 rings (SSSR count). The summed E-state index contributed by atoms with van der Waals surface area (Å²) in [7, 11) is -3.55. The van der Waals surface area contributed by atoms with E-state index >= 15 is 0 Å². The quantitative estimate of drug-likeness (QED) is 0.875. The largest absolute Gasteiger partial charge is 0.444 e. The predicted molar refractivity (Wildman–Crippen MR) is 99.6 cm³/mol. The molecule has 6 nitrogen and oxygen atoms in total. The molecular weight excluding hydrogens is 352 g/mol. The minimum absolute atomic E-state index is 0.234. The SMILES string of the molecule is CC(C)(C)OC(=O)NC1CCCN(S(=O)(=O)c2ccc3c(c2)CCC3)C1. The zero-order chi connectivity index (χ0) is 18.9. The van der Waals surface area contributed by atoms with Gasteiger partial charge in [-0.15, -0.1) is 0 Å². The van der Waals surface area contributed by atoms with Gasteiger partial charge in [0.1, 0.15) is 5.60 Å². The molecule has 0 saturated carbocycles. The number of ether oxygens (including phenoxy) is 1. The minimum atomic E-state index is -3.55. The van der Waals surface area contributed by atoms with Crippen LogP contribution in [0.1, 0.15) is 51.2 Å². The molecule has 1 heterocycles. The number of aryl methyl sites for hydroxylation is 2. The molecule has 7 heteroatoms. The van der Waals surface area contributed by atoms with Crippen molar-refractivity contribution in [3.05, 3.63) is 29.3 Å². The third-order valence-corrected chi connectivity index (χ3v) is 6.67. The van der Waals surface area contributed by atoms with Gasteiger partial charge in [0.25, 0.3) is 0 Å². The number of rotatable bonds is 3. The van der Waals surface area contributed by atoms with E-state index in [1.54, 1.807) is 26.8 Å². The highest BCUT2D eigenvalue weighted by atomic mass is 32.2. The molecule has 1 aliphatic carbocycles. The second-order valence-electron chi connectivity index (χ2n) is 8.13. The first-order valence-corrected chi connectivity index (χ1v) is 10.7. The first-order valence-electron chi connectivity index (χ1n) is 9.27. The lowest BCUT2D eigenvalue weighted by atomic mass is 10.1. The van der Waals surface area contributed by atoms with E-state index in [1.165, 1.54) is 9.87 Å². The van der Waals surface area contributed by atoms with Crippen molar-refractivity contribution in [2.24, 2.45) is 0 Å². The number of alkyl carbamates (subject to hydrolysis) is 1. The molecule has 1 aromatic rings. The van der Waals surface area contributed by atoms with Crippen LogP contribution in [0.15, 0.2) is 23.1 Å². The van der Waals surface area contributed by atoms with Crippen LogP contribution in [-0.2, 0) is 27.6 Å². The molecule has 0 spiro atoms. The van der Waals surface area contributed by atoms with Crippen LogP contribution in [0.3, 0.4) is 0 Å². The highest BCUT2D eigenvalue weighted by molar-refractivity contribution is 7.89. The number of carbonyl (C=O) groups is 1. The number of carbonyl (C=O) groups excluding carboxylic acids is 1. The van der Waals surface area contributed by atoms with Crippen molar-refractivity contribution in [3.8, 4) is 0 Å². The Labute approximate surface area is 156 Å². The monoisotopic (exact) mass is 380 g/mol. The fourth-order valence-electron chi connectivity index (χ4n) is 3.61. The summed E-state index contributed by atoms with van der Waals surface area (Å²) in [5, 5.41) is 2.80. The van der Waals surface area contributed by atoms with Crippen molar-refractivity contribution < 1.29 is 17.9 Å². The number of amides is 1. The molecule has 1 aromatic carbocycles. The van der Waals surface area contributed by atoms with E-state index in [-0.39, 0.29) is 12.6 Å². The average Bonchev–Trinajstić information content (AvgIpc) is 3.00. The van der Waals surface area contributed by atoms with Crippen molar-refractivity contribution in [2.75, 3.05) is 13.1 Å². The summed E-state index contributed by atoms with van der Waals surface area (Å²) in [6, 6.07) is 5.24. The summed E-state index contributed by atoms with van der Waals surface area (Å²) in [6.45, 7) is 6.17. The lowest BCUT2D eigenvalue weighted by molar-refractivity contribution is 0.0487. The van der Waals surface area contributed by atoms with Gasteiger partial charge in [-0.3, -0.25) is 0 Å². The normalized spacial score (nSPS) is 21.3. The van der Waals surface area contributed by atoms with Crippen LogP contribution in [0.4, 0.5) is 4.79 Å². The minimum Gasteiger partial charge on any atom is -0.444 e. The van der Waals surface area contributed by atoms with E-state index in [0.717, 1.165) is 31.2 Å². The van der Waals surface area contributed by atoms with Crippen molar-refractivity contribution >= 4 is 16.1 Å². The summed E-state index contributed by atoms with van der Waals surface area (Å²) < 4.78 is 32.8. The molecule has 26 heavy (non-hydrogen) atoms. The van der Waals surface area contributed by atoms with Gasteiger partial charge in [0, 0.05) is 19.1 Å².